The Morgan fingerprint density at radius 1 is 1.08 bits per heavy atom. The Hall–Kier alpha value is -2.80. The van der Waals surface area contributed by atoms with E-state index in [4.69, 9.17) is 0 Å². The van der Waals surface area contributed by atoms with Crippen LogP contribution >= 0.6 is 0 Å². The average molecular weight is 368 g/mol. The lowest BCUT2D eigenvalue weighted by atomic mass is 10.2. The van der Waals surface area contributed by atoms with E-state index in [2.05, 4.69) is 15.4 Å². The van der Waals surface area contributed by atoms with Gasteiger partial charge in [-0.1, -0.05) is 32.0 Å². The van der Waals surface area contributed by atoms with Gasteiger partial charge in [-0.15, -0.1) is 0 Å². The molecule has 2 rings (SSSR count). The molecule has 0 aliphatic heterocycles. The van der Waals surface area contributed by atoms with Crippen LogP contribution < -0.4 is 10.6 Å². The second-order valence-corrected chi connectivity index (χ2v) is 4.93. The highest BCUT2D eigenvalue weighted by molar-refractivity contribution is 5.95. The summed E-state index contributed by atoms with van der Waals surface area (Å²) in [5.41, 5.74) is 0.410. The molecule has 2 aromatic rings. The van der Waals surface area contributed by atoms with E-state index in [1.165, 1.54) is 25.3 Å². The molecule has 0 unspecified atom stereocenters. The molecule has 0 saturated heterocycles. The minimum absolute atomic E-state index is 0. The van der Waals surface area contributed by atoms with Crippen LogP contribution in [0, 0.1) is 11.6 Å². The van der Waals surface area contributed by atoms with Crippen LogP contribution in [0.2, 0.25) is 0 Å². The highest BCUT2D eigenvalue weighted by Crippen LogP contribution is 2.16. The Kier molecular flexibility index (Phi) is 8.94. The van der Waals surface area contributed by atoms with Crippen molar-refractivity contribution in [3.8, 4) is 0 Å². The van der Waals surface area contributed by atoms with Crippen LogP contribution in [-0.2, 0) is 16.1 Å². The van der Waals surface area contributed by atoms with Crippen molar-refractivity contribution in [3.63, 3.8) is 0 Å². The first-order valence-corrected chi connectivity index (χ1v) is 8.13. The molecule has 0 heterocycles. The third kappa shape index (κ3) is 6.25. The van der Waals surface area contributed by atoms with E-state index < -0.39 is 17.7 Å². The number of amides is 1. The van der Waals surface area contributed by atoms with Gasteiger partial charge < -0.3 is 15.4 Å². The standard InChI is InChI=1S/C17H16F2N2O3.C2H6.2H2/c1-24-17(23)11-6-7-14(19)15(8-11)21-16(22)10-20-9-12-4-2-3-5-13(12)18;1-2;;/h2-8,20H,9-10H2,1H3,(H,21,22);1-2H3;2*1H. The van der Waals surface area contributed by atoms with Gasteiger partial charge in [0.1, 0.15) is 11.6 Å². The van der Waals surface area contributed by atoms with Crippen molar-refractivity contribution >= 4 is 17.6 Å². The molecular formula is C19H26F2N2O3. The monoisotopic (exact) mass is 368 g/mol. The molecule has 0 aromatic heterocycles. The van der Waals surface area contributed by atoms with Crippen LogP contribution in [0.25, 0.3) is 0 Å². The number of esters is 1. The largest absolute Gasteiger partial charge is 0.465 e. The number of carbonyl (C=O) groups is 2. The van der Waals surface area contributed by atoms with Gasteiger partial charge in [0.25, 0.3) is 0 Å². The zero-order valence-electron chi connectivity index (χ0n) is 14.9. The van der Waals surface area contributed by atoms with Crippen LogP contribution in [0.1, 0.15) is 32.6 Å². The molecule has 2 N–H and O–H groups in total. The lowest BCUT2D eigenvalue weighted by Crippen LogP contribution is -2.28. The zero-order chi connectivity index (χ0) is 19.5. The third-order valence-electron chi connectivity index (χ3n) is 3.22. The molecule has 144 valence electrons. The first-order chi connectivity index (χ1) is 12.5. The van der Waals surface area contributed by atoms with Gasteiger partial charge in [0.05, 0.1) is 24.9 Å². The fraction of sp³-hybridized carbons (Fsp3) is 0.263. The second-order valence-electron chi connectivity index (χ2n) is 4.93. The zero-order valence-corrected chi connectivity index (χ0v) is 14.9. The summed E-state index contributed by atoms with van der Waals surface area (Å²) >= 11 is 0. The van der Waals surface area contributed by atoms with Crippen molar-refractivity contribution in [2.24, 2.45) is 0 Å². The van der Waals surface area contributed by atoms with E-state index in [1.54, 1.807) is 18.2 Å². The van der Waals surface area contributed by atoms with E-state index in [0.29, 0.717) is 5.56 Å². The summed E-state index contributed by atoms with van der Waals surface area (Å²) in [6.45, 7) is 4.01. The van der Waals surface area contributed by atoms with Crippen LogP contribution in [0.3, 0.4) is 0 Å². The number of nitrogens with one attached hydrogen (secondary N) is 2. The van der Waals surface area contributed by atoms with E-state index in [9.17, 15) is 18.4 Å². The molecule has 0 radical (unpaired) electrons. The molecule has 7 heteroatoms. The van der Waals surface area contributed by atoms with Crippen LogP contribution in [0.15, 0.2) is 42.5 Å². The maximum Gasteiger partial charge on any atom is 0.337 e. The van der Waals surface area contributed by atoms with E-state index in [0.717, 1.165) is 6.07 Å². The molecule has 0 atom stereocenters. The number of carbonyl (C=O) groups excluding carboxylic acids is 2. The Labute approximate surface area is 154 Å². The molecular weight excluding hydrogens is 342 g/mol. The maximum atomic E-state index is 13.7. The molecule has 26 heavy (non-hydrogen) atoms. The van der Waals surface area contributed by atoms with E-state index >= 15 is 0 Å². The predicted molar refractivity (Wildman–Crippen MR) is 100 cm³/mol. The number of methoxy groups -OCH3 is 1. The lowest BCUT2D eigenvalue weighted by molar-refractivity contribution is -0.115. The summed E-state index contributed by atoms with van der Waals surface area (Å²) in [7, 11) is 1.20. The number of hydrogen-bond acceptors (Lipinski definition) is 4. The molecule has 0 spiro atoms. The summed E-state index contributed by atoms with van der Waals surface area (Å²) < 4.78 is 31.7. The smallest absolute Gasteiger partial charge is 0.337 e. The van der Waals surface area contributed by atoms with Crippen LogP contribution in [0.5, 0.6) is 0 Å². The summed E-state index contributed by atoms with van der Waals surface area (Å²) in [5.74, 6) is -2.21. The summed E-state index contributed by atoms with van der Waals surface area (Å²) in [6, 6.07) is 9.69. The van der Waals surface area contributed by atoms with Crippen molar-refractivity contribution in [1.29, 1.82) is 0 Å². The van der Waals surface area contributed by atoms with Crippen molar-refractivity contribution in [3.05, 3.63) is 65.2 Å². The number of benzene rings is 2. The van der Waals surface area contributed by atoms with Gasteiger partial charge >= 0.3 is 5.97 Å². The van der Waals surface area contributed by atoms with Gasteiger partial charge in [0.15, 0.2) is 0 Å². The highest BCUT2D eigenvalue weighted by Gasteiger charge is 2.12. The Balaban J connectivity index is 0. The van der Waals surface area contributed by atoms with Gasteiger partial charge in [-0.2, -0.15) is 0 Å². The molecule has 0 saturated carbocycles. The molecule has 5 nitrogen and oxygen atoms in total. The average Bonchev–Trinajstić information content (AvgIpc) is 2.66. The molecule has 0 fully saturated rings. The molecule has 0 aliphatic rings. The lowest BCUT2D eigenvalue weighted by Gasteiger charge is -2.09. The summed E-state index contributed by atoms with van der Waals surface area (Å²) in [4.78, 5) is 23.3. The highest BCUT2D eigenvalue weighted by atomic mass is 19.1. The van der Waals surface area contributed by atoms with Crippen molar-refractivity contribution < 1.29 is 26.0 Å². The fourth-order valence-corrected chi connectivity index (χ4v) is 2.01. The number of hydrogen-bond donors (Lipinski definition) is 2. The molecule has 2 aromatic carbocycles. The molecule has 0 bridgehead atoms. The van der Waals surface area contributed by atoms with Crippen molar-refractivity contribution in [2.45, 2.75) is 20.4 Å². The van der Waals surface area contributed by atoms with Gasteiger partial charge in [0.2, 0.25) is 5.91 Å². The first kappa shape index (κ1) is 21.2. The Morgan fingerprint density at radius 3 is 2.42 bits per heavy atom. The minimum Gasteiger partial charge on any atom is -0.465 e. The number of ether oxygens (including phenoxy) is 1. The first-order valence-electron chi connectivity index (χ1n) is 8.13. The van der Waals surface area contributed by atoms with Crippen LogP contribution in [0.4, 0.5) is 14.5 Å². The SMILES string of the molecule is CC.COC(=O)c1ccc(F)c(NC(=O)CNCc2ccccc2F)c1.[HH].[HH]. The van der Waals surface area contributed by atoms with Crippen LogP contribution in [-0.4, -0.2) is 25.5 Å². The second kappa shape index (κ2) is 10.9. The molecule has 1 amide bonds. The fourth-order valence-electron chi connectivity index (χ4n) is 2.01. The predicted octanol–water partition coefficient (Wildman–Crippen LogP) is 4.00. The van der Waals surface area contributed by atoms with Crippen molar-refractivity contribution in [1.82, 2.24) is 5.32 Å². The maximum absolute atomic E-state index is 13.7. The Bertz CT molecular complexity index is 762. The number of anilines is 1. The number of halogens is 2. The normalized spacial score (nSPS) is 9.73. The molecule has 0 aliphatic carbocycles. The topological polar surface area (TPSA) is 67.4 Å². The van der Waals surface area contributed by atoms with E-state index in [1.807, 2.05) is 13.8 Å². The summed E-state index contributed by atoms with van der Waals surface area (Å²) in [5, 5.41) is 5.12. The quantitative estimate of drug-likeness (QED) is 0.757. The minimum atomic E-state index is -0.676. The van der Waals surface area contributed by atoms with Gasteiger partial charge in [-0.3, -0.25) is 4.79 Å². The number of rotatable bonds is 6. The van der Waals surface area contributed by atoms with Gasteiger partial charge in [-0.05, 0) is 24.3 Å². The van der Waals surface area contributed by atoms with E-state index in [-0.39, 0.29) is 33.0 Å². The third-order valence-corrected chi connectivity index (χ3v) is 3.22. The van der Waals surface area contributed by atoms with Gasteiger partial charge in [-0.25, -0.2) is 13.6 Å². The van der Waals surface area contributed by atoms with Gasteiger partial charge in [0, 0.05) is 15.0 Å². The summed E-state index contributed by atoms with van der Waals surface area (Å²) in [6.07, 6.45) is 0. The van der Waals surface area contributed by atoms with Crippen molar-refractivity contribution in [2.75, 3.05) is 19.0 Å². The Morgan fingerprint density at radius 2 is 1.77 bits per heavy atom.